The van der Waals surface area contributed by atoms with Gasteiger partial charge in [0.1, 0.15) is 5.82 Å². The van der Waals surface area contributed by atoms with Gasteiger partial charge >= 0.3 is 6.18 Å². The first-order chi connectivity index (χ1) is 8.90. The minimum absolute atomic E-state index is 0.0768. The molecule has 0 aliphatic carbocycles. The number of benzene rings is 1. The summed E-state index contributed by atoms with van der Waals surface area (Å²) in [6, 6.07) is 1.96. The maximum Gasteiger partial charge on any atom is 0.416 e. The topological polar surface area (TPSA) is 12.0 Å². The Balaban J connectivity index is 3.07. The zero-order valence-electron chi connectivity index (χ0n) is 10.5. The van der Waals surface area contributed by atoms with Gasteiger partial charge in [0.2, 0.25) is 0 Å². The summed E-state index contributed by atoms with van der Waals surface area (Å²) in [4.78, 5) is 0. The van der Waals surface area contributed by atoms with Gasteiger partial charge in [0.05, 0.1) is 5.56 Å². The van der Waals surface area contributed by atoms with Crippen LogP contribution >= 0.6 is 0 Å². The van der Waals surface area contributed by atoms with Crippen molar-refractivity contribution in [2.45, 2.75) is 31.5 Å². The zero-order valence-corrected chi connectivity index (χ0v) is 10.5. The van der Waals surface area contributed by atoms with Gasteiger partial charge in [-0.3, -0.25) is 0 Å². The molecular formula is C14H15F4N. The van der Waals surface area contributed by atoms with E-state index in [1.54, 1.807) is 7.05 Å². The molecule has 0 heterocycles. The number of terminal acetylenes is 1. The summed E-state index contributed by atoms with van der Waals surface area (Å²) in [7, 11) is 1.55. The third kappa shape index (κ3) is 4.25. The summed E-state index contributed by atoms with van der Waals surface area (Å²) in [6.07, 6.45) is 2.10. The van der Waals surface area contributed by atoms with Gasteiger partial charge in [-0.05, 0) is 43.7 Å². The summed E-state index contributed by atoms with van der Waals surface area (Å²) in [6.45, 7) is 0. The third-order valence-corrected chi connectivity index (χ3v) is 2.86. The van der Waals surface area contributed by atoms with E-state index in [0.29, 0.717) is 19.3 Å². The number of hydrogen-bond donors (Lipinski definition) is 1. The van der Waals surface area contributed by atoms with Crippen LogP contribution < -0.4 is 5.32 Å². The van der Waals surface area contributed by atoms with Crippen LogP contribution in [0.1, 0.15) is 36.4 Å². The molecule has 1 aromatic carbocycles. The lowest BCUT2D eigenvalue weighted by molar-refractivity contribution is -0.138. The van der Waals surface area contributed by atoms with Gasteiger partial charge in [0, 0.05) is 12.5 Å². The SMILES string of the molecule is C#CCCCC(NC)c1cc(F)ccc1C(F)(F)F. The highest BCUT2D eigenvalue weighted by atomic mass is 19.4. The first kappa shape index (κ1) is 15.5. The number of unbranched alkanes of at least 4 members (excludes halogenated alkanes) is 1. The predicted molar refractivity (Wildman–Crippen MR) is 65.9 cm³/mol. The van der Waals surface area contributed by atoms with Crippen molar-refractivity contribution in [2.75, 3.05) is 7.05 Å². The Morgan fingerprint density at radius 3 is 2.58 bits per heavy atom. The molecule has 0 fully saturated rings. The highest BCUT2D eigenvalue weighted by molar-refractivity contribution is 5.33. The van der Waals surface area contributed by atoms with Crippen molar-refractivity contribution >= 4 is 0 Å². The Hall–Kier alpha value is -1.54. The second-order valence-corrected chi connectivity index (χ2v) is 4.17. The molecule has 1 nitrogen and oxygen atoms in total. The van der Waals surface area contributed by atoms with E-state index in [0.717, 1.165) is 18.2 Å². The standard InChI is InChI=1S/C14H15F4N/c1-3-4-5-6-13(19-2)11-9-10(15)7-8-12(11)14(16,17)18/h1,7-9,13,19H,4-6H2,2H3. The molecule has 0 aromatic heterocycles. The molecule has 0 saturated heterocycles. The van der Waals surface area contributed by atoms with Crippen LogP contribution in [0.5, 0.6) is 0 Å². The lowest BCUT2D eigenvalue weighted by Gasteiger charge is -2.21. The maximum atomic E-state index is 13.2. The van der Waals surface area contributed by atoms with E-state index in [9.17, 15) is 17.6 Å². The van der Waals surface area contributed by atoms with Gasteiger partial charge in [0.15, 0.2) is 0 Å². The van der Waals surface area contributed by atoms with Gasteiger partial charge in [-0.15, -0.1) is 12.3 Å². The van der Waals surface area contributed by atoms with Crippen molar-refractivity contribution in [3.8, 4) is 12.3 Å². The van der Waals surface area contributed by atoms with E-state index < -0.39 is 23.6 Å². The van der Waals surface area contributed by atoms with Crippen LogP contribution in [0.4, 0.5) is 17.6 Å². The molecule has 0 bridgehead atoms. The lowest BCUT2D eigenvalue weighted by Crippen LogP contribution is -2.21. The molecule has 1 rings (SSSR count). The second kappa shape index (κ2) is 6.58. The molecule has 1 unspecified atom stereocenters. The fourth-order valence-corrected chi connectivity index (χ4v) is 1.94. The molecule has 0 aliphatic heterocycles. The molecule has 0 saturated carbocycles. The first-order valence-corrected chi connectivity index (χ1v) is 5.87. The molecule has 0 aliphatic rings. The Bertz CT molecular complexity index is 459. The van der Waals surface area contributed by atoms with Crippen LogP contribution in [0.15, 0.2) is 18.2 Å². The van der Waals surface area contributed by atoms with Gasteiger partial charge in [0.25, 0.3) is 0 Å². The second-order valence-electron chi connectivity index (χ2n) is 4.17. The van der Waals surface area contributed by atoms with Crippen LogP contribution in [0, 0.1) is 18.2 Å². The van der Waals surface area contributed by atoms with E-state index in [1.165, 1.54) is 0 Å². The number of rotatable bonds is 5. The van der Waals surface area contributed by atoms with Crippen molar-refractivity contribution in [1.29, 1.82) is 0 Å². The van der Waals surface area contributed by atoms with Gasteiger partial charge in [-0.2, -0.15) is 13.2 Å². The van der Waals surface area contributed by atoms with Crippen LogP contribution in [0.2, 0.25) is 0 Å². The number of hydrogen-bond acceptors (Lipinski definition) is 1. The fraction of sp³-hybridized carbons (Fsp3) is 0.429. The molecule has 104 valence electrons. The quantitative estimate of drug-likeness (QED) is 0.487. The van der Waals surface area contributed by atoms with Gasteiger partial charge < -0.3 is 5.32 Å². The van der Waals surface area contributed by atoms with E-state index in [1.807, 2.05) is 0 Å². The zero-order chi connectivity index (χ0) is 14.5. The first-order valence-electron chi connectivity index (χ1n) is 5.87. The smallest absolute Gasteiger partial charge is 0.313 e. The minimum atomic E-state index is -4.50. The predicted octanol–water partition coefficient (Wildman–Crippen LogP) is 3.91. The Labute approximate surface area is 110 Å². The van der Waals surface area contributed by atoms with Crippen molar-refractivity contribution in [3.63, 3.8) is 0 Å². The average molecular weight is 273 g/mol. The van der Waals surface area contributed by atoms with Crippen molar-refractivity contribution < 1.29 is 17.6 Å². The summed E-state index contributed by atoms with van der Waals surface area (Å²) >= 11 is 0. The summed E-state index contributed by atoms with van der Waals surface area (Å²) in [5.41, 5.74) is -0.888. The lowest BCUT2D eigenvalue weighted by atomic mass is 9.95. The largest absolute Gasteiger partial charge is 0.416 e. The van der Waals surface area contributed by atoms with Crippen molar-refractivity contribution in [3.05, 3.63) is 35.1 Å². The molecule has 19 heavy (non-hydrogen) atoms. The Kier molecular flexibility index (Phi) is 5.37. The van der Waals surface area contributed by atoms with Crippen molar-refractivity contribution in [2.24, 2.45) is 0 Å². The van der Waals surface area contributed by atoms with Crippen LogP contribution in [-0.2, 0) is 6.18 Å². The van der Waals surface area contributed by atoms with E-state index >= 15 is 0 Å². The van der Waals surface area contributed by atoms with E-state index in [-0.39, 0.29) is 5.56 Å². The highest BCUT2D eigenvalue weighted by Gasteiger charge is 2.35. The number of nitrogens with one attached hydrogen (secondary N) is 1. The fourth-order valence-electron chi connectivity index (χ4n) is 1.94. The van der Waals surface area contributed by atoms with Crippen molar-refractivity contribution in [1.82, 2.24) is 5.32 Å². The van der Waals surface area contributed by atoms with Crippen LogP contribution in [0.3, 0.4) is 0 Å². The molecule has 0 spiro atoms. The number of halogens is 4. The monoisotopic (exact) mass is 273 g/mol. The molecular weight excluding hydrogens is 258 g/mol. The molecule has 0 amide bonds. The van der Waals surface area contributed by atoms with Gasteiger partial charge in [-0.25, -0.2) is 4.39 Å². The van der Waals surface area contributed by atoms with Crippen LogP contribution in [0.25, 0.3) is 0 Å². The normalized spacial score (nSPS) is 13.1. The molecule has 1 N–H and O–H groups in total. The number of alkyl halides is 3. The molecule has 5 heteroatoms. The van der Waals surface area contributed by atoms with Gasteiger partial charge in [-0.1, -0.05) is 0 Å². The third-order valence-electron chi connectivity index (χ3n) is 2.86. The van der Waals surface area contributed by atoms with E-state index in [2.05, 4.69) is 11.2 Å². The summed E-state index contributed by atoms with van der Waals surface area (Å²) < 4.78 is 51.8. The average Bonchev–Trinajstić information content (AvgIpc) is 2.33. The summed E-state index contributed by atoms with van der Waals surface area (Å²) in [5.74, 6) is 1.75. The molecule has 1 aromatic rings. The Morgan fingerprint density at radius 2 is 2.05 bits per heavy atom. The minimum Gasteiger partial charge on any atom is -0.313 e. The molecule has 1 atom stereocenters. The summed E-state index contributed by atoms with van der Waals surface area (Å²) in [5, 5.41) is 2.78. The van der Waals surface area contributed by atoms with E-state index in [4.69, 9.17) is 6.42 Å². The highest BCUT2D eigenvalue weighted by Crippen LogP contribution is 2.36. The van der Waals surface area contributed by atoms with Crippen LogP contribution in [-0.4, -0.2) is 7.05 Å². The maximum absolute atomic E-state index is 13.2. The molecule has 0 radical (unpaired) electrons. The Morgan fingerprint density at radius 1 is 1.37 bits per heavy atom.